The van der Waals surface area contributed by atoms with Crippen LogP contribution < -0.4 is 0 Å². The number of phenolic OH excluding ortho intramolecular Hbond substituents is 1. The molecule has 2 N–H and O–H groups in total. The van der Waals surface area contributed by atoms with Gasteiger partial charge in [-0.05, 0) is 12.1 Å². The Labute approximate surface area is 87.7 Å². The highest BCUT2D eigenvalue weighted by Gasteiger charge is 2.11. The summed E-state index contributed by atoms with van der Waals surface area (Å²) in [7, 11) is 0. The van der Waals surface area contributed by atoms with Crippen LogP contribution in [0.25, 0.3) is 11.3 Å². The van der Waals surface area contributed by atoms with Crippen LogP contribution in [0.2, 0.25) is 0 Å². The number of halogens is 2. The molecule has 3 nitrogen and oxygen atoms in total. The quantitative estimate of drug-likeness (QED) is 0.825. The van der Waals surface area contributed by atoms with Gasteiger partial charge in [-0.25, -0.2) is 9.37 Å². The molecule has 0 atom stereocenters. The van der Waals surface area contributed by atoms with Gasteiger partial charge < -0.3 is 10.1 Å². The fourth-order valence-electron chi connectivity index (χ4n) is 1.17. The normalized spacial score (nSPS) is 10.4. The van der Waals surface area contributed by atoms with Crippen LogP contribution in [0.3, 0.4) is 0 Å². The zero-order valence-corrected chi connectivity index (χ0v) is 8.55. The van der Waals surface area contributed by atoms with Gasteiger partial charge in [0.25, 0.3) is 0 Å². The van der Waals surface area contributed by atoms with Crippen molar-refractivity contribution in [3.05, 3.63) is 34.9 Å². The minimum atomic E-state index is -0.663. The molecule has 0 saturated carbocycles. The lowest BCUT2D eigenvalue weighted by atomic mass is 10.1. The Balaban J connectivity index is 2.64. The molecule has 0 radical (unpaired) electrons. The second kappa shape index (κ2) is 3.42. The Morgan fingerprint density at radius 2 is 2.21 bits per heavy atom. The number of nitrogens with one attached hydrogen (secondary N) is 1. The Hall–Kier alpha value is -1.36. The maximum absolute atomic E-state index is 13.1. The number of rotatable bonds is 1. The van der Waals surface area contributed by atoms with Gasteiger partial charge >= 0.3 is 0 Å². The van der Waals surface area contributed by atoms with E-state index in [0.29, 0.717) is 15.7 Å². The summed E-state index contributed by atoms with van der Waals surface area (Å²) in [4.78, 5) is 6.58. The highest BCUT2D eigenvalue weighted by Crippen LogP contribution is 2.32. The average molecular weight is 257 g/mol. The molecular formula is C9H6BrFN2O. The predicted molar refractivity (Wildman–Crippen MR) is 53.3 cm³/mol. The van der Waals surface area contributed by atoms with E-state index in [4.69, 9.17) is 0 Å². The van der Waals surface area contributed by atoms with Crippen LogP contribution in [0.1, 0.15) is 0 Å². The number of aromatic hydroxyl groups is 1. The number of imidazole rings is 1. The number of aromatic amines is 1. The summed E-state index contributed by atoms with van der Waals surface area (Å²) in [5.41, 5.74) is 0.956. The van der Waals surface area contributed by atoms with E-state index in [9.17, 15) is 9.50 Å². The lowest BCUT2D eigenvalue weighted by Gasteiger charge is -2.03. The van der Waals surface area contributed by atoms with Crippen molar-refractivity contribution in [3.63, 3.8) is 0 Å². The van der Waals surface area contributed by atoms with Crippen molar-refractivity contribution in [2.75, 3.05) is 0 Å². The fourth-order valence-corrected chi connectivity index (χ4v) is 1.60. The van der Waals surface area contributed by atoms with Crippen molar-refractivity contribution in [2.45, 2.75) is 0 Å². The molecule has 0 spiro atoms. The number of hydrogen-bond acceptors (Lipinski definition) is 2. The molecule has 0 aliphatic carbocycles. The van der Waals surface area contributed by atoms with E-state index in [2.05, 4.69) is 25.9 Å². The molecule has 0 aliphatic rings. The van der Waals surface area contributed by atoms with Crippen molar-refractivity contribution in [1.82, 2.24) is 9.97 Å². The van der Waals surface area contributed by atoms with E-state index in [-0.39, 0.29) is 5.75 Å². The number of hydrogen-bond donors (Lipinski definition) is 2. The molecule has 0 bridgehead atoms. The van der Waals surface area contributed by atoms with Gasteiger partial charge in [0, 0.05) is 10.0 Å². The van der Waals surface area contributed by atoms with Crippen LogP contribution in [-0.2, 0) is 0 Å². The molecule has 0 saturated heterocycles. The number of phenols is 1. The van der Waals surface area contributed by atoms with E-state index in [1.54, 1.807) is 6.07 Å². The summed E-state index contributed by atoms with van der Waals surface area (Å²) >= 11 is 3.15. The van der Waals surface area contributed by atoms with Gasteiger partial charge in [-0.15, -0.1) is 0 Å². The maximum Gasteiger partial charge on any atom is 0.166 e. The van der Waals surface area contributed by atoms with Crippen LogP contribution >= 0.6 is 15.9 Å². The zero-order valence-electron chi connectivity index (χ0n) is 6.96. The van der Waals surface area contributed by atoms with Crippen LogP contribution in [0.4, 0.5) is 4.39 Å². The zero-order chi connectivity index (χ0) is 10.1. The second-order valence-corrected chi connectivity index (χ2v) is 3.66. The fraction of sp³-hybridized carbons (Fsp3) is 0. The van der Waals surface area contributed by atoms with E-state index < -0.39 is 5.82 Å². The first-order valence-electron chi connectivity index (χ1n) is 3.85. The molecule has 1 aromatic heterocycles. The van der Waals surface area contributed by atoms with Gasteiger partial charge in [0.05, 0.1) is 18.2 Å². The van der Waals surface area contributed by atoms with Gasteiger partial charge in [0.15, 0.2) is 11.6 Å². The molecule has 0 aliphatic heterocycles. The third-order valence-electron chi connectivity index (χ3n) is 1.82. The number of H-pyrrole nitrogens is 1. The van der Waals surface area contributed by atoms with E-state index in [1.165, 1.54) is 18.6 Å². The predicted octanol–water partition coefficient (Wildman–Crippen LogP) is 2.68. The SMILES string of the molecule is Oc1c(F)cc(Br)cc1-c1cnc[nH]1. The lowest BCUT2D eigenvalue weighted by Crippen LogP contribution is -1.84. The van der Waals surface area contributed by atoms with Gasteiger partial charge in [0.1, 0.15) is 0 Å². The minimum absolute atomic E-state index is 0.377. The molecule has 0 unspecified atom stereocenters. The number of benzene rings is 1. The molecule has 5 heteroatoms. The standard InChI is InChI=1S/C9H6BrFN2O/c10-5-1-6(8-3-12-4-13-8)9(14)7(11)2-5/h1-4,14H,(H,12,13). The Morgan fingerprint density at radius 1 is 1.43 bits per heavy atom. The van der Waals surface area contributed by atoms with Crippen molar-refractivity contribution in [1.29, 1.82) is 0 Å². The Bertz CT molecular complexity index is 456. The third kappa shape index (κ3) is 1.50. The smallest absolute Gasteiger partial charge is 0.166 e. The monoisotopic (exact) mass is 256 g/mol. The average Bonchev–Trinajstić information content (AvgIpc) is 2.63. The van der Waals surface area contributed by atoms with Gasteiger partial charge in [-0.2, -0.15) is 0 Å². The summed E-state index contributed by atoms with van der Waals surface area (Å²) in [5, 5.41) is 9.45. The summed E-state index contributed by atoms with van der Waals surface area (Å²) in [5.74, 6) is -1.04. The van der Waals surface area contributed by atoms with E-state index >= 15 is 0 Å². The molecule has 0 amide bonds. The first-order valence-corrected chi connectivity index (χ1v) is 4.64. The van der Waals surface area contributed by atoms with Crippen LogP contribution in [0.15, 0.2) is 29.1 Å². The third-order valence-corrected chi connectivity index (χ3v) is 2.27. The van der Waals surface area contributed by atoms with Crippen molar-refractivity contribution >= 4 is 15.9 Å². The van der Waals surface area contributed by atoms with E-state index in [0.717, 1.165) is 0 Å². The van der Waals surface area contributed by atoms with Crippen LogP contribution in [0, 0.1) is 5.82 Å². The Morgan fingerprint density at radius 3 is 2.86 bits per heavy atom. The van der Waals surface area contributed by atoms with E-state index in [1.807, 2.05) is 0 Å². The van der Waals surface area contributed by atoms with Gasteiger partial charge in [0.2, 0.25) is 0 Å². The second-order valence-electron chi connectivity index (χ2n) is 2.75. The summed E-state index contributed by atoms with van der Waals surface area (Å²) < 4.78 is 13.7. The van der Waals surface area contributed by atoms with Crippen LogP contribution in [-0.4, -0.2) is 15.1 Å². The topological polar surface area (TPSA) is 48.9 Å². The molecule has 0 fully saturated rings. The summed E-state index contributed by atoms with van der Waals surface area (Å²) in [6, 6.07) is 2.82. The maximum atomic E-state index is 13.1. The van der Waals surface area contributed by atoms with Crippen molar-refractivity contribution in [2.24, 2.45) is 0 Å². The van der Waals surface area contributed by atoms with Gasteiger partial charge in [-0.1, -0.05) is 15.9 Å². The molecule has 1 heterocycles. The number of nitrogens with zero attached hydrogens (tertiary/aromatic N) is 1. The Kier molecular flexibility index (Phi) is 2.25. The molecular weight excluding hydrogens is 251 g/mol. The highest BCUT2D eigenvalue weighted by molar-refractivity contribution is 9.10. The minimum Gasteiger partial charge on any atom is -0.504 e. The largest absolute Gasteiger partial charge is 0.504 e. The first-order chi connectivity index (χ1) is 6.68. The van der Waals surface area contributed by atoms with Crippen molar-refractivity contribution in [3.8, 4) is 17.0 Å². The summed E-state index contributed by atoms with van der Waals surface area (Å²) in [6.45, 7) is 0. The molecule has 2 rings (SSSR count). The lowest BCUT2D eigenvalue weighted by molar-refractivity contribution is 0.434. The molecule has 1 aromatic carbocycles. The number of aromatic nitrogens is 2. The molecule has 72 valence electrons. The summed E-state index contributed by atoms with van der Waals surface area (Å²) in [6.07, 6.45) is 2.98. The molecule has 14 heavy (non-hydrogen) atoms. The first kappa shape index (κ1) is 9.21. The van der Waals surface area contributed by atoms with Crippen molar-refractivity contribution < 1.29 is 9.50 Å². The highest BCUT2D eigenvalue weighted by atomic mass is 79.9. The van der Waals surface area contributed by atoms with Gasteiger partial charge in [-0.3, -0.25) is 0 Å². The molecule has 2 aromatic rings. The van der Waals surface area contributed by atoms with Crippen LogP contribution in [0.5, 0.6) is 5.75 Å².